The molecule has 1 aliphatic rings. The third-order valence-electron chi connectivity index (χ3n) is 8.41. The van der Waals surface area contributed by atoms with Crippen LogP contribution in [0.5, 0.6) is 0 Å². The molecule has 0 radical (unpaired) electrons. The molecule has 1 atom stereocenters. The molecule has 4 rings (SSSR count). The topological polar surface area (TPSA) is 166 Å². The number of aliphatic carboxylic acids is 1. The minimum atomic E-state index is -4.66. The number of carboxylic acid groups (broad SMARTS) is 1. The first-order valence-electron chi connectivity index (χ1n) is 17.1. The molecule has 53 heavy (non-hydrogen) atoms. The van der Waals surface area contributed by atoms with Crippen molar-refractivity contribution < 1.29 is 37.5 Å². The van der Waals surface area contributed by atoms with Crippen LogP contribution in [0.2, 0.25) is 5.02 Å². The van der Waals surface area contributed by atoms with Gasteiger partial charge < -0.3 is 26.4 Å². The molecule has 3 aromatic rings. The van der Waals surface area contributed by atoms with Crippen molar-refractivity contribution in [3.8, 4) is 0 Å². The second-order valence-electron chi connectivity index (χ2n) is 12.5. The first-order valence-corrected chi connectivity index (χ1v) is 18.7. The molecule has 1 aliphatic heterocycles. The van der Waals surface area contributed by atoms with Crippen LogP contribution in [0, 0.1) is 0 Å². The number of nitrogens with zero attached hydrogens (tertiary/aromatic N) is 2. The van der Waals surface area contributed by atoms with Gasteiger partial charge in [0.15, 0.2) is 0 Å². The van der Waals surface area contributed by atoms with E-state index in [4.69, 9.17) is 22.4 Å². The van der Waals surface area contributed by atoms with Crippen molar-refractivity contribution in [3.63, 3.8) is 0 Å². The molecule has 0 saturated carbocycles. The number of halogens is 4. The summed E-state index contributed by atoms with van der Waals surface area (Å²) in [5.41, 5.74) is 9.26. The minimum absolute atomic E-state index is 0.0756. The number of nitrogens with two attached hydrogens (primary N) is 1. The van der Waals surface area contributed by atoms with E-state index in [1.165, 1.54) is 17.8 Å². The summed E-state index contributed by atoms with van der Waals surface area (Å²) in [6.07, 6.45) is 1.41. The van der Waals surface area contributed by atoms with Gasteiger partial charge in [0, 0.05) is 48.8 Å². The lowest BCUT2D eigenvalue weighted by Gasteiger charge is -2.29. The first-order chi connectivity index (χ1) is 25.3. The number of hydrogen-bond donors (Lipinski definition) is 5. The maximum Gasteiger partial charge on any atom is 0.417 e. The number of rotatable bonds is 17. The number of alkyl halides is 3. The van der Waals surface area contributed by atoms with Crippen LogP contribution in [0.1, 0.15) is 82.4 Å². The normalized spacial score (nSPS) is 13.8. The van der Waals surface area contributed by atoms with Gasteiger partial charge in [-0.1, -0.05) is 29.8 Å². The number of hydrazone groups is 1. The minimum Gasteiger partial charge on any atom is -0.480 e. The van der Waals surface area contributed by atoms with Gasteiger partial charge in [0.1, 0.15) is 6.04 Å². The number of amides is 3. The van der Waals surface area contributed by atoms with Crippen LogP contribution in [0.15, 0.2) is 65.8 Å². The molecule has 11 nitrogen and oxygen atoms in total. The molecular weight excluding hydrogens is 733 g/mol. The number of unbranched alkanes of at least 4 members (excludes halogenated alkanes) is 1. The fourth-order valence-electron chi connectivity index (χ4n) is 5.52. The van der Waals surface area contributed by atoms with Crippen molar-refractivity contribution in [3.05, 3.63) is 93.5 Å². The number of piperidine rings is 1. The van der Waals surface area contributed by atoms with E-state index >= 15 is 0 Å². The molecule has 1 fully saturated rings. The van der Waals surface area contributed by atoms with E-state index in [1.807, 2.05) is 12.1 Å². The van der Waals surface area contributed by atoms with E-state index < -0.39 is 40.6 Å². The Hall–Kier alpha value is -4.60. The molecule has 16 heteroatoms. The quantitative estimate of drug-likeness (QED) is 0.0575. The molecule has 284 valence electrons. The summed E-state index contributed by atoms with van der Waals surface area (Å²) in [6.45, 7) is 2.06. The van der Waals surface area contributed by atoms with Gasteiger partial charge >= 0.3 is 12.1 Å². The third-order valence-corrected chi connectivity index (χ3v) is 9.77. The number of carboxylic acids is 1. The average Bonchev–Trinajstić information content (AvgIpc) is 3.13. The van der Waals surface area contributed by atoms with Crippen LogP contribution >= 0.6 is 23.4 Å². The van der Waals surface area contributed by atoms with Gasteiger partial charge in [-0.05, 0) is 92.1 Å². The Labute approximate surface area is 314 Å². The van der Waals surface area contributed by atoms with Gasteiger partial charge in [-0.25, -0.2) is 5.43 Å². The predicted molar refractivity (Wildman–Crippen MR) is 202 cm³/mol. The van der Waals surface area contributed by atoms with Crippen LogP contribution < -0.4 is 26.7 Å². The summed E-state index contributed by atoms with van der Waals surface area (Å²) >= 11 is 7.24. The van der Waals surface area contributed by atoms with E-state index in [0.29, 0.717) is 49.3 Å². The number of carbonyl (C=O) groups excluding carboxylic acids is 3. The van der Waals surface area contributed by atoms with Gasteiger partial charge in [-0.3, -0.25) is 19.2 Å². The first kappa shape index (κ1) is 41.2. The van der Waals surface area contributed by atoms with Gasteiger partial charge in [0.25, 0.3) is 11.8 Å². The van der Waals surface area contributed by atoms with Crippen molar-refractivity contribution in [1.82, 2.24) is 10.7 Å². The summed E-state index contributed by atoms with van der Waals surface area (Å²) in [7, 11) is 0. The lowest BCUT2D eigenvalue weighted by atomic mass is 10.1. The van der Waals surface area contributed by atoms with Gasteiger partial charge in [-0.15, -0.1) is 0 Å². The molecule has 3 amide bonds. The summed E-state index contributed by atoms with van der Waals surface area (Å²) in [4.78, 5) is 51.9. The van der Waals surface area contributed by atoms with E-state index in [-0.39, 0.29) is 22.7 Å². The zero-order valence-corrected chi connectivity index (χ0v) is 30.5. The number of nitrogens with one attached hydrogen (secondary N) is 3. The Kier molecular flexibility index (Phi) is 15.5. The van der Waals surface area contributed by atoms with Crippen LogP contribution in [-0.4, -0.2) is 66.4 Å². The fraction of sp³-hybridized carbons (Fsp3) is 0.378. The van der Waals surface area contributed by atoms with Crippen LogP contribution in [0.4, 0.5) is 24.5 Å². The monoisotopic (exact) mass is 774 g/mol. The predicted octanol–water partition coefficient (Wildman–Crippen LogP) is 6.69. The summed E-state index contributed by atoms with van der Waals surface area (Å²) in [5.74, 6) is -1.16. The van der Waals surface area contributed by atoms with Crippen LogP contribution in [0.25, 0.3) is 0 Å². The zero-order valence-electron chi connectivity index (χ0n) is 28.9. The van der Waals surface area contributed by atoms with Gasteiger partial charge in [0.2, 0.25) is 5.91 Å². The number of benzene rings is 3. The number of thioether (sulfide) groups is 1. The highest BCUT2D eigenvalue weighted by molar-refractivity contribution is 7.98. The number of carbonyl (C=O) groups is 4. The Balaban J connectivity index is 1.36. The second kappa shape index (κ2) is 20.0. The average molecular weight is 775 g/mol. The highest BCUT2D eigenvalue weighted by Gasteiger charge is 2.33. The van der Waals surface area contributed by atoms with Gasteiger partial charge in [0.05, 0.1) is 28.1 Å². The molecule has 0 aromatic heterocycles. The highest BCUT2D eigenvalue weighted by atomic mass is 35.5. The molecular formula is C37H42ClF3N6O5S. The standard InChI is InChI=1S/C37H42ClF3N6O5S/c38-30-12-10-24(20-29(30)37(39,40)41)22-44-46-35(50)28-21-27(47-16-4-1-5-17-47)11-13-32(28)45-34(49)26-8-6-7-25(19-26)23-53-18-14-33(48)43-15-3-2-9-31(42)36(51)52/h6-8,10-13,19-22,31H,1-5,9,14-18,23,42H2,(H,43,48)(H,45,49)(H,46,50)(H,51,52). The smallest absolute Gasteiger partial charge is 0.417 e. The van der Waals surface area contributed by atoms with Crippen molar-refractivity contribution in [2.24, 2.45) is 10.8 Å². The number of hydrogen-bond acceptors (Lipinski definition) is 8. The molecule has 1 heterocycles. The van der Waals surface area contributed by atoms with Gasteiger partial charge in [-0.2, -0.15) is 30.0 Å². The lowest BCUT2D eigenvalue weighted by Crippen LogP contribution is -2.30. The lowest BCUT2D eigenvalue weighted by molar-refractivity contribution is -0.139. The summed E-state index contributed by atoms with van der Waals surface area (Å²) in [5, 5.41) is 17.9. The van der Waals surface area contributed by atoms with Crippen molar-refractivity contribution in [2.45, 2.75) is 62.9 Å². The largest absolute Gasteiger partial charge is 0.480 e. The second-order valence-corrected chi connectivity index (χ2v) is 14.0. The molecule has 0 spiro atoms. The molecule has 6 N–H and O–H groups in total. The summed E-state index contributed by atoms with van der Waals surface area (Å²) < 4.78 is 39.9. The Bertz CT molecular complexity index is 1790. The van der Waals surface area contributed by atoms with E-state index in [9.17, 15) is 32.3 Å². The maximum atomic E-state index is 13.4. The van der Waals surface area contributed by atoms with E-state index in [1.54, 1.807) is 30.3 Å². The SMILES string of the molecule is NC(CCCCNC(=O)CCSCc1cccc(C(=O)Nc2ccc(N3CCCCC3)cc2C(=O)NN=Cc2ccc(Cl)c(C(F)(F)F)c2)c1)C(=O)O. The van der Waals surface area contributed by atoms with Crippen LogP contribution in [-0.2, 0) is 21.5 Å². The fourth-order valence-corrected chi connectivity index (χ4v) is 6.64. The van der Waals surface area contributed by atoms with E-state index in [0.717, 1.165) is 62.0 Å². The summed E-state index contributed by atoms with van der Waals surface area (Å²) in [6, 6.07) is 14.5. The molecule has 0 aliphatic carbocycles. The van der Waals surface area contributed by atoms with Crippen LogP contribution in [0.3, 0.4) is 0 Å². The van der Waals surface area contributed by atoms with Crippen molar-refractivity contribution >= 4 is 64.6 Å². The van der Waals surface area contributed by atoms with Crippen molar-refractivity contribution in [1.29, 1.82) is 0 Å². The molecule has 1 saturated heterocycles. The number of anilines is 2. The Morgan fingerprint density at radius 2 is 1.77 bits per heavy atom. The molecule has 3 aromatic carbocycles. The Morgan fingerprint density at radius 3 is 2.51 bits per heavy atom. The molecule has 1 unspecified atom stereocenters. The Morgan fingerprint density at radius 1 is 1.00 bits per heavy atom. The zero-order chi connectivity index (χ0) is 38.4. The molecule has 0 bridgehead atoms. The van der Waals surface area contributed by atoms with Crippen molar-refractivity contribution in [2.75, 3.05) is 35.6 Å². The van der Waals surface area contributed by atoms with E-state index in [2.05, 4.69) is 26.1 Å². The maximum absolute atomic E-state index is 13.4. The third kappa shape index (κ3) is 13.1. The highest BCUT2D eigenvalue weighted by Crippen LogP contribution is 2.35.